The van der Waals surface area contributed by atoms with Gasteiger partial charge in [0.2, 0.25) is 0 Å². The number of hydrogen-bond acceptors (Lipinski definition) is 2. The number of alkyl halides is 3. The second-order valence-corrected chi connectivity index (χ2v) is 4.71. The molecule has 6 heteroatoms. The number of halogens is 3. The largest absolute Gasteiger partial charge is 0.435 e. The van der Waals surface area contributed by atoms with Crippen LogP contribution in [0.3, 0.4) is 0 Å². The molecule has 2 N–H and O–H groups in total. The minimum absolute atomic E-state index is 0.181. The Labute approximate surface area is 97.8 Å². The van der Waals surface area contributed by atoms with Crippen molar-refractivity contribution >= 4 is 0 Å². The third kappa shape index (κ3) is 2.06. The fourth-order valence-corrected chi connectivity index (χ4v) is 2.62. The highest BCUT2D eigenvalue weighted by atomic mass is 19.4. The molecule has 2 rings (SSSR count). The summed E-state index contributed by atoms with van der Waals surface area (Å²) >= 11 is 0. The van der Waals surface area contributed by atoms with E-state index in [-0.39, 0.29) is 5.41 Å². The molecule has 0 aliphatic heterocycles. The number of rotatable bonds is 3. The van der Waals surface area contributed by atoms with E-state index < -0.39 is 11.9 Å². The Hall–Kier alpha value is -1.04. The van der Waals surface area contributed by atoms with Crippen LogP contribution in [0, 0.1) is 0 Å². The molecule has 1 fully saturated rings. The van der Waals surface area contributed by atoms with Crippen LogP contribution in [-0.2, 0) is 18.6 Å². The molecule has 0 aromatic carbocycles. The van der Waals surface area contributed by atoms with Gasteiger partial charge in [-0.3, -0.25) is 4.68 Å². The lowest BCUT2D eigenvalue weighted by molar-refractivity contribution is -0.141. The van der Waals surface area contributed by atoms with Gasteiger partial charge in [0, 0.05) is 18.2 Å². The van der Waals surface area contributed by atoms with Crippen LogP contribution in [0.5, 0.6) is 0 Å². The SMILES string of the molecule is Cn1nc(C(F)(F)F)cc1C1(CCN)CCC1. The van der Waals surface area contributed by atoms with E-state index in [9.17, 15) is 13.2 Å². The Bertz CT molecular complexity index is 405. The number of aromatic nitrogens is 2. The number of nitrogens with zero attached hydrogens (tertiary/aromatic N) is 2. The molecular formula is C11H16F3N3. The van der Waals surface area contributed by atoms with E-state index >= 15 is 0 Å². The monoisotopic (exact) mass is 247 g/mol. The second kappa shape index (κ2) is 4.01. The molecular weight excluding hydrogens is 231 g/mol. The molecule has 0 radical (unpaired) electrons. The van der Waals surface area contributed by atoms with E-state index in [1.165, 1.54) is 10.7 Å². The maximum Gasteiger partial charge on any atom is 0.435 e. The molecule has 1 aromatic rings. The average molecular weight is 247 g/mol. The van der Waals surface area contributed by atoms with Gasteiger partial charge < -0.3 is 5.73 Å². The predicted octanol–water partition coefficient (Wildman–Crippen LogP) is 2.21. The van der Waals surface area contributed by atoms with Crippen LogP contribution in [0.2, 0.25) is 0 Å². The van der Waals surface area contributed by atoms with Gasteiger partial charge in [-0.1, -0.05) is 6.42 Å². The minimum Gasteiger partial charge on any atom is -0.330 e. The van der Waals surface area contributed by atoms with Crippen molar-refractivity contribution in [2.45, 2.75) is 37.3 Å². The van der Waals surface area contributed by atoms with Gasteiger partial charge in [-0.05, 0) is 31.9 Å². The Morgan fingerprint density at radius 2 is 2.12 bits per heavy atom. The van der Waals surface area contributed by atoms with Crippen LogP contribution in [0.15, 0.2) is 6.07 Å². The van der Waals surface area contributed by atoms with Gasteiger partial charge in [0.05, 0.1) is 0 Å². The quantitative estimate of drug-likeness (QED) is 0.890. The third-order valence-electron chi connectivity index (χ3n) is 3.65. The molecule has 96 valence electrons. The molecule has 1 aliphatic rings. The van der Waals surface area contributed by atoms with Crippen molar-refractivity contribution in [3.63, 3.8) is 0 Å². The molecule has 0 spiro atoms. The van der Waals surface area contributed by atoms with Gasteiger partial charge in [0.1, 0.15) is 0 Å². The topological polar surface area (TPSA) is 43.8 Å². The van der Waals surface area contributed by atoms with Crippen LogP contribution >= 0.6 is 0 Å². The van der Waals surface area contributed by atoms with Gasteiger partial charge in [-0.15, -0.1) is 0 Å². The summed E-state index contributed by atoms with van der Waals surface area (Å²) in [5.74, 6) is 0. The summed E-state index contributed by atoms with van der Waals surface area (Å²) in [6.07, 6.45) is -0.790. The second-order valence-electron chi connectivity index (χ2n) is 4.71. The third-order valence-corrected chi connectivity index (χ3v) is 3.65. The Balaban J connectivity index is 2.35. The molecule has 0 unspecified atom stereocenters. The Morgan fingerprint density at radius 1 is 1.47 bits per heavy atom. The number of nitrogens with two attached hydrogens (primary N) is 1. The predicted molar refractivity (Wildman–Crippen MR) is 57.4 cm³/mol. The van der Waals surface area contributed by atoms with Gasteiger partial charge in [-0.2, -0.15) is 18.3 Å². The molecule has 0 bridgehead atoms. The van der Waals surface area contributed by atoms with E-state index in [0.29, 0.717) is 12.2 Å². The van der Waals surface area contributed by atoms with Crippen LogP contribution in [0.25, 0.3) is 0 Å². The molecule has 1 heterocycles. The fourth-order valence-electron chi connectivity index (χ4n) is 2.62. The molecule has 0 atom stereocenters. The molecule has 1 aromatic heterocycles. The van der Waals surface area contributed by atoms with E-state index in [4.69, 9.17) is 5.73 Å². The van der Waals surface area contributed by atoms with Crippen molar-refractivity contribution in [1.82, 2.24) is 9.78 Å². The number of hydrogen-bond donors (Lipinski definition) is 1. The maximum atomic E-state index is 12.6. The number of aryl methyl sites for hydroxylation is 1. The summed E-state index contributed by atoms with van der Waals surface area (Å²) in [5.41, 5.74) is 5.23. The van der Waals surface area contributed by atoms with Gasteiger partial charge in [0.25, 0.3) is 0 Å². The van der Waals surface area contributed by atoms with Gasteiger partial charge >= 0.3 is 6.18 Å². The Morgan fingerprint density at radius 3 is 2.47 bits per heavy atom. The van der Waals surface area contributed by atoms with Crippen LogP contribution in [0.4, 0.5) is 13.2 Å². The van der Waals surface area contributed by atoms with E-state index in [2.05, 4.69) is 5.10 Å². The first-order valence-electron chi connectivity index (χ1n) is 5.71. The van der Waals surface area contributed by atoms with Crippen molar-refractivity contribution in [3.8, 4) is 0 Å². The zero-order chi connectivity index (χ0) is 12.7. The van der Waals surface area contributed by atoms with Crippen LogP contribution in [0.1, 0.15) is 37.1 Å². The molecule has 17 heavy (non-hydrogen) atoms. The van der Waals surface area contributed by atoms with Crippen LogP contribution in [-0.4, -0.2) is 16.3 Å². The van der Waals surface area contributed by atoms with Crippen molar-refractivity contribution < 1.29 is 13.2 Å². The fraction of sp³-hybridized carbons (Fsp3) is 0.727. The van der Waals surface area contributed by atoms with Gasteiger partial charge in [0.15, 0.2) is 5.69 Å². The normalized spacial score (nSPS) is 19.1. The summed E-state index contributed by atoms with van der Waals surface area (Å²) in [4.78, 5) is 0. The molecule has 3 nitrogen and oxygen atoms in total. The highest BCUT2D eigenvalue weighted by molar-refractivity contribution is 5.25. The summed E-state index contributed by atoms with van der Waals surface area (Å²) < 4.78 is 39.1. The van der Waals surface area contributed by atoms with E-state index in [0.717, 1.165) is 25.7 Å². The average Bonchev–Trinajstić information content (AvgIpc) is 2.54. The van der Waals surface area contributed by atoms with Crippen LogP contribution < -0.4 is 5.73 Å². The standard InChI is InChI=1S/C11H16F3N3/c1-17-9(7-8(16-17)11(12,13)14)10(5-6-15)3-2-4-10/h7H,2-6,15H2,1H3. The maximum absolute atomic E-state index is 12.6. The first kappa shape index (κ1) is 12.4. The lowest BCUT2D eigenvalue weighted by Gasteiger charge is -2.41. The van der Waals surface area contributed by atoms with Gasteiger partial charge in [-0.25, -0.2) is 0 Å². The highest BCUT2D eigenvalue weighted by Gasteiger charge is 2.43. The highest BCUT2D eigenvalue weighted by Crippen LogP contribution is 2.47. The summed E-state index contributed by atoms with van der Waals surface area (Å²) in [5, 5.41) is 3.56. The lowest BCUT2D eigenvalue weighted by atomic mass is 9.64. The summed E-state index contributed by atoms with van der Waals surface area (Å²) in [7, 11) is 1.57. The summed E-state index contributed by atoms with van der Waals surface area (Å²) in [6, 6.07) is 1.18. The molecule has 1 aliphatic carbocycles. The zero-order valence-electron chi connectivity index (χ0n) is 9.72. The molecule has 1 saturated carbocycles. The van der Waals surface area contributed by atoms with Crippen molar-refractivity contribution in [2.75, 3.05) is 6.54 Å². The zero-order valence-corrected chi connectivity index (χ0v) is 9.72. The molecule has 0 saturated heterocycles. The van der Waals surface area contributed by atoms with Crippen molar-refractivity contribution in [3.05, 3.63) is 17.5 Å². The smallest absolute Gasteiger partial charge is 0.330 e. The van der Waals surface area contributed by atoms with Crippen molar-refractivity contribution in [1.29, 1.82) is 0 Å². The lowest BCUT2D eigenvalue weighted by Crippen LogP contribution is -2.38. The minimum atomic E-state index is -4.37. The molecule has 0 amide bonds. The first-order valence-corrected chi connectivity index (χ1v) is 5.71. The first-order chi connectivity index (χ1) is 7.89. The van der Waals surface area contributed by atoms with E-state index in [1.54, 1.807) is 7.05 Å². The summed E-state index contributed by atoms with van der Waals surface area (Å²) in [6.45, 7) is 0.493. The Kier molecular flexibility index (Phi) is 2.93. The van der Waals surface area contributed by atoms with E-state index in [1.807, 2.05) is 0 Å². The van der Waals surface area contributed by atoms with Crippen molar-refractivity contribution in [2.24, 2.45) is 12.8 Å².